The van der Waals surface area contributed by atoms with Gasteiger partial charge in [0.2, 0.25) is 0 Å². The van der Waals surface area contributed by atoms with Crippen LogP contribution in [0.1, 0.15) is 81.3 Å². The summed E-state index contributed by atoms with van der Waals surface area (Å²) in [5, 5.41) is 10.1. The van der Waals surface area contributed by atoms with Gasteiger partial charge in [0.25, 0.3) is 0 Å². The molecule has 0 unspecified atom stereocenters. The Labute approximate surface area is 126 Å². The molecule has 2 aliphatic carbocycles. The predicted octanol–water partition coefficient (Wildman–Crippen LogP) is 4.63. The first kappa shape index (κ1) is 14.4. The molecule has 0 saturated heterocycles. The summed E-state index contributed by atoms with van der Waals surface area (Å²) in [5.74, 6) is 1.87. The van der Waals surface area contributed by atoms with E-state index < -0.39 is 0 Å². The largest absolute Gasteiger partial charge is 0.508 e. The molecular weight excluding hydrogens is 264 g/mol. The van der Waals surface area contributed by atoms with Crippen molar-refractivity contribution in [3.63, 3.8) is 0 Å². The summed E-state index contributed by atoms with van der Waals surface area (Å²) in [6.07, 6.45) is 8.23. The highest BCUT2D eigenvalue weighted by Crippen LogP contribution is 2.58. The van der Waals surface area contributed by atoms with E-state index in [4.69, 9.17) is 4.74 Å². The SMILES string of the molecule is CCCCCCC(=O)Oc1ccc(O)c2c1[C@@H]1CC[C@H]2C1. The summed E-state index contributed by atoms with van der Waals surface area (Å²) in [5.41, 5.74) is 2.15. The summed E-state index contributed by atoms with van der Waals surface area (Å²) in [6, 6.07) is 3.44. The first-order valence-corrected chi connectivity index (χ1v) is 8.27. The zero-order valence-electron chi connectivity index (χ0n) is 12.7. The minimum absolute atomic E-state index is 0.137. The van der Waals surface area contributed by atoms with Gasteiger partial charge in [0, 0.05) is 17.5 Å². The van der Waals surface area contributed by atoms with Crippen molar-refractivity contribution in [3.8, 4) is 11.5 Å². The molecule has 0 spiro atoms. The first-order valence-electron chi connectivity index (χ1n) is 8.27. The fraction of sp³-hybridized carbons (Fsp3) is 0.611. The molecule has 1 fully saturated rings. The van der Waals surface area contributed by atoms with E-state index in [0.717, 1.165) is 43.2 Å². The van der Waals surface area contributed by atoms with Crippen LogP contribution in [0.4, 0.5) is 0 Å². The second-order valence-corrected chi connectivity index (χ2v) is 6.40. The molecule has 2 atom stereocenters. The van der Waals surface area contributed by atoms with Crippen LogP contribution in [0.25, 0.3) is 0 Å². The average molecular weight is 288 g/mol. The molecule has 1 N–H and O–H groups in total. The summed E-state index contributed by atoms with van der Waals surface area (Å²) < 4.78 is 5.60. The van der Waals surface area contributed by atoms with Crippen LogP contribution in [-0.2, 0) is 4.79 Å². The molecule has 2 aliphatic rings. The number of hydrogen-bond acceptors (Lipinski definition) is 3. The van der Waals surface area contributed by atoms with Gasteiger partial charge in [-0.1, -0.05) is 26.2 Å². The smallest absolute Gasteiger partial charge is 0.311 e. The Balaban J connectivity index is 1.68. The van der Waals surface area contributed by atoms with E-state index in [-0.39, 0.29) is 5.97 Å². The number of benzene rings is 1. The quantitative estimate of drug-likeness (QED) is 0.471. The van der Waals surface area contributed by atoms with Gasteiger partial charge in [-0.3, -0.25) is 4.79 Å². The molecule has 0 amide bonds. The lowest BCUT2D eigenvalue weighted by Gasteiger charge is -2.19. The summed E-state index contributed by atoms with van der Waals surface area (Å²) in [4.78, 5) is 12.0. The number of rotatable bonds is 6. The van der Waals surface area contributed by atoms with Crippen LogP contribution in [-0.4, -0.2) is 11.1 Å². The second-order valence-electron chi connectivity index (χ2n) is 6.40. The van der Waals surface area contributed by atoms with Crippen LogP contribution in [0, 0.1) is 0 Å². The minimum Gasteiger partial charge on any atom is -0.508 e. The third-order valence-corrected chi connectivity index (χ3v) is 4.93. The number of fused-ring (bicyclic) bond motifs is 5. The molecule has 21 heavy (non-hydrogen) atoms. The second kappa shape index (κ2) is 6.08. The molecule has 2 bridgehead atoms. The Bertz CT molecular complexity index is 536. The summed E-state index contributed by atoms with van der Waals surface area (Å²) in [6.45, 7) is 2.16. The highest BCUT2D eigenvalue weighted by atomic mass is 16.5. The Morgan fingerprint density at radius 1 is 1.19 bits per heavy atom. The van der Waals surface area contributed by atoms with Gasteiger partial charge < -0.3 is 9.84 Å². The molecule has 3 rings (SSSR count). The molecule has 1 aromatic carbocycles. The van der Waals surface area contributed by atoms with Crippen molar-refractivity contribution in [3.05, 3.63) is 23.3 Å². The van der Waals surface area contributed by atoms with Gasteiger partial charge in [-0.15, -0.1) is 0 Å². The Morgan fingerprint density at radius 2 is 1.95 bits per heavy atom. The number of phenolic OH excluding ortho intramolecular Hbond substituents is 1. The maximum Gasteiger partial charge on any atom is 0.311 e. The number of hydrogen-bond donors (Lipinski definition) is 1. The van der Waals surface area contributed by atoms with Gasteiger partial charge in [-0.05, 0) is 49.7 Å². The lowest BCUT2D eigenvalue weighted by Crippen LogP contribution is -2.11. The molecular formula is C18H24O3. The minimum atomic E-state index is -0.137. The fourth-order valence-corrected chi connectivity index (χ4v) is 3.92. The van der Waals surface area contributed by atoms with E-state index >= 15 is 0 Å². The van der Waals surface area contributed by atoms with E-state index in [0.29, 0.717) is 29.8 Å². The van der Waals surface area contributed by atoms with E-state index in [1.165, 1.54) is 12.8 Å². The molecule has 0 heterocycles. The molecule has 114 valence electrons. The lowest BCUT2D eigenvalue weighted by atomic mass is 9.90. The van der Waals surface area contributed by atoms with Crippen LogP contribution in [0.2, 0.25) is 0 Å². The van der Waals surface area contributed by atoms with Gasteiger partial charge >= 0.3 is 5.97 Å². The molecule has 0 aliphatic heterocycles. The van der Waals surface area contributed by atoms with Crippen LogP contribution >= 0.6 is 0 Å². The van der Waals surface area contributed by atoms with E-state index in [9.17, 15) is 9.90 Å². The van der Waals surface area contributed by atoms with Crippen molar-refractivity contribution in [1.29, 1.82) is 0 Å². The van der Waals surface area contributed by atoms with Gasteiger partial charge in [0.15, 0.2) is 0 Å². The Morgan fingerprint density at radius 3 is 2.71 bits per heavy atom. The predicted molar refractivity (Wildman–Crippen MR) is 81.8 cm³/mol. The summed E-state index contributed by atoms with van der Waals surface area (Å²) >= 11 is 0. The zero-order chi connectivity index (χ0) is 14.8. The van der Waals surface area contributed by atoms with E-state index in [2.05, 4.69) is 6.92 Å². The number of ether oxygens (including phenoxy) is 1. The standard InChI is InChI=1S/C18H24O3/c1-2-3-4-5-6-16(20)21-15-10-9-14(19)17-12-7-8-13(11-12)18(15)17/h9-10,12-13,19H,2-8,11H2,1H3/t12-,13+/m0/s1. The third kappa shape index (κ3) is 2.78. The topological polar surface area (TPSA) is 46.5 Å². The maximum atomic E-state index is 12.0. The molecule has 1 aromatic rings. The molecule has 1 saturated carbocycles. The van der Waals surface area contributed by atoms with Crippen LogP contribution in [0.3, 0.4) is 0 Å². The molecule has 0 aromatic heterocycles. The lowest BCUT2D eigenvalue weighted by molar-refractivity contribution is -0.134. The van der Waals surface area contributed by atoms with Crippen molar-refractivity contribution in [2.75, 3.05) is 0 Å². The Hall–Kier alpha value is -1.51. The van der Waals surface area contributed by atoms with Crippen LogP contribution in [0.5, 0.6) is 11.5 Å². The van der Waals surface area contributed by atoms with Crippen molar-refractivity contribution in [1.82, 2.24) is 0 Å². The number of unbranched alkanes of at least 4 members (excludes halogenated alkanes) is 3. The summed E-state index contributed by atoms with van der Waals surface area (Å²) in [7, 11) is 0. The van der Waals surface area contributed by atoms with Crippen molar-refractivity contribution >= 4 is 5.97 Å². The van der Waals surface area contributed by atoms with Gasteiger partial charge in [-0.2, -0.15) is 0 Å². The highest BCUT2D eigenvalue weighted by molar-refractivity contribution is 5.73. The van der Waals surface area contributed by atoms with Crippen molar-refractivity contribution in [2.24, 2.45) is 0 Å². The molecule has 3 nitrogen and oxygen atoms in total. The fourth-order valence-electron chi connectivity index (χ4n) is 3.92. The van der Waals surface area contributed by atoms with Crippen molar-refractivity contribution < 1.29 is 14.6 Å². The average Bonchev–Trinajstić information content (AvgIpc) is 3.08. The normalized spacial score (nSPS) is 22.3. The Kier molecular flexibility index (Phi) is 4.18. The third-order valence-electron chi connectivity index (χ3n) is 4.93. The van der Waals surface area contributed by atoms with Crippen molar-refractivity contribution in [2.45, 2.75) is 70.1 Å². The monoisotopic (exact) mass is 288 g/mol. The van der Waals surface area contributed by atoms with Gasteiger partial charge in [0.1, 0.15) is 11.5 Å². The highest BCUT2D eigenvalue weighted by Gasteiger charge is 2.41. The van der Waals surface area contributed by atoms with E-state index in [1.807, 2.05) is 0 Å². The molecule has 0 radical (unpaired) electrons. The first-order chi connectivity index (χ1) is 10.2. The van der Waals surface area contributed by atoms with Crippen LogP contribution < -0.4 is 4.74 Å². The number of carbonyl (C=O) groups is 1. The number of carbonyl (C=O) groups excluding carboxylic acids is 1. The molecule has 3 heteroatoms. The number of esters is 1. The van der Waals surface area contributed by atoms with Gasteiger partial charge in [0.05, 0.1) is 0 Å². The van der Waals surface area contributed by atoms with Gasteiger partial charge in [-0.25, -0.2) is 0 Å². The van der Waals surface area contributed by atoms with Crippen LogP contribution in [0.15, 0.2) is 12.1 Å². The maximum absolute atomic E-state index is 12.0. The number of phenols is 1. The number of aromatic hydroxyl groups is 1. The zero-order valence-corrected chi connectivity index (χ0v) is 12.7. The van der Waals surface area contributed by atoms with E-state index in [1.54, 1.807) is 12.1 Å².